The first-order chi connectivity index (χ1) is 8.38. The standard InChI is InChI=1S/C13H17N3O/c14-5-8-16(11-13-2-1-9-17-13)10-12-3-6-15-7-4-12/h1-4,6-7,9H,5,8,10-11,14H2. The van der Waals surface area contributed by atoms with Gasteiger partial charge in [-0.25, -0.2) is 0 Å². The highest BCUT2D eigenvalue weighted by Crippen LogP contribution is 2.09. The molecule has 90 valence electrons. The van der Waals surface area contributed by atoms with Crippen LogP contribution in [0.4, 0.5) is 0 Å². The van der Waals surface area contributed by atoms with Crippen LogP contribution in [0.5, 0.6) is 0 Å². The van der Waals surface area contributed by atoms with Crippen molar-refractivity contribution < 1.29 is 4.42 Å². The molecule has 0 unspecified atom stereocenters. The van der Waals surface area contributed by atoms with E-state index in [1.54, 1.807) is 6.26 Å². The zero-order valence-corrected chi connectivity index (χ0v) is 9.75. The van der Waals surface area contributed by atoms with Gasteiger partial charge in [0.15, 0.2) is 0 Å². The molecule has 2 rings (SSSR count). The number of hydrogen-bond donors (Lipinski definition) is 1. The molecule has 0 aliphatic carbocycles. The SMILES string of the molecule is NCCN(Cc1ccncc1)Cc1ccco1. The molecule has 0 fully saturated rings. The molecule has 0 saturated carbocycles. The van der Waals surface area contributed by atoms with Crippen molar-refractivity contribution in [3.8, 4) is 0 Å². The smallest absolute Gasteiger partial charge is 0.117 e. The second kappa shape index (κ2) is 6.18. The Morgan fingerprint density at radius 2 is 2.00 bits per heavy atom. The third-order valence-electron chi connectivity index (χ3n) is 2.56. The minimum atomic E-state index is 0.645. The summed E-state index contributed by atoms with van der Waals surface area (Å²) in [6.45, 7) is 3.14. The molecular formula is C13H17N3O. The number of aromatic nitrogens is 1. The second-order valence-electron chi connectivity index (χ2n) is 3.93. The Labute approximate surface area is 101 Å². The lowest BCUT2D eigenvalue weighted by atomic mass is 10.2. The van der Waals surface area contributed by atoms with Crippen molar-refractivity contribution in [1.29, 1.82) is 0 Å². The topological polar surface area (TPSA) is 55.3 Å². The van der Waals surface area contributed by atoms with E-state index in [2.05, 4.69) is 9.88 Å². The number of nitrogens with two attached hydrogens (primary N) is 1. The van der Waals surface area contributed by atoms with E-state index in [0.29, 0.717) is 6.54 Å². The molecule has 2 aromatic heterocycles. The summed E-state index contributed by atoms with van der Waals surface area (Å²) < 4.78 is 5.35. The van der Waals surface area contributed by atoms with Gasteiger partial charge in [0.05, 0.1) is 12.8 Å². The third kappa shape index (κ3) is 3.69. The van der Waals surface area contributed by atoms with Gasteiger partial charge in [-0.1, -0.05) is 0 Å². The summed E-state index contributed by atoms with van der Waals surface area (Å²) in [5.74, 6) is 0.965. The highest BCUT2D eigenvalue weighted by Gasteiger charge is 2.07. The summed E-state index contributed by atoms with van der Waals surface area (Å²) >= 11 is 0. The molecule has 0 aliphatic heterocycles. The first kappa shape index (κ1) is 11.8. The summed E-state index contributed by atoms with van der Waals surface area (Å²) in [4.78, 5) is 6.27. The average molecular weight is 231 g/mol. The fourth-order valence-corrected chi connectivity index (χ4v) is 1.77. The van der Waals surface area contributed by atoms with Crippen molar-refractivity contribution in [3.63, 3.8) is 0 Å². The first-order valence-electron chi connectivity index (χ1n) is 5.72. The Hall–Kier alpha value is -1.65. The first-order valence-corrected chi connectivity index (χ1v) is 5.72. The predicted octanol–water partition coefficient (Wildman–Crippen LogP) is 1.64. The van der Waals surface area contributed by atoms with Gasteiger partial charge in [-0.3, -0.25) is 9.88 Å². The second-order valence-corrected chi connectivity index (χ2v) is 3.93. The van der Waals surface area contributed by atoms with Gasteiger partial charge >= 0.3 is 0 Å². The van der Waals surface area contributed by atoms with Gasteiger partial charge in [0, 0.05) is 32.0 Å². The maximum Gasteiger partial charge on any atom is 0.117 e. The molecule has 0 radical (unpaired) electrons. The molecule has 2 aromatic rings. The van der Waals surface area contributed by atoms with Crippen LogP contribution in [-0.4, -0.2) is 23.0 Å². The summed E-state index contributed by atoms with van der Waals surface area (Å²) in [5.41, 5.74) is 6.86. The number of nitrogens with zero attached hydrogens (tertiary/aromatic N) is 2. The van der Waals surface area contributed by atoms with E-state index in [4.69, 9.17) is 10.2 Å². The Morgan fingerprint density at radius 3 is 2.65 bits per heavy atom. The van der Waals surface area contributed by atoms with Crippen LogP contribution in [0.1, 0.15) is 11.3 Å². The molecule has 0 aromatic carbocycles. The zero-order chi connectivity index (χ0) is 11.9. The quantitative estimate of drug-likeness (QED) is 0.821. The molecule has 0 saturated heterocycles. The van der Waals surface area contributed by atoms with E-state index in [0.717, 1.165) is 25.4 Å². The van der Waals surface area contributed by atoms with E-state index in [-0.39, 0.29) is 0 Å². The normalized spacial score (nSPS) is 10.9. The van der Waals surface area contributed by atoms with E-state index < -0.39 is 0 Å². The molecule has 0 amide bonds. The highest BCUT2D eigenvalue weighted by molar-refractivity contribution is 5.09. The lowest BCUT2D eigenvalue weighted by Crippen LogP contribution is -2.28. The van der Waals surface area contributed by atoms with E-state index in [1.807, 2.05) is 36.7 Å². The predicted molar refractivity (Wildman–Crippen MR) is 66.1 cm³/mol. The fourth-order valence-electron chi connectivity index (χ4n) is 1.77. The van der Waals surface area contributed by atoms with Gasteiger partial charge in [0.1, 0.15) is 5.76 Å². The van der Waals surface area contributed by atoms with Gasteiger partial charge in [-0.05, 0) is 29.8 Å². The maximum absolute atomic E-state index is 5.63. The molecule has 0 bridgehead atoms. The molecule has 4 heteroatoms. The number of rotatable bonds is 6. The van der Waals surface area contributed by atoms with Gasteiger partial charge in [0.25, 0.3) is 0 Å². The van der Waals surface area contributed by atoms with Crippen molar-refractivity contribution in [1.82, 2.24) is 9.88 Å². The Balaban J connectivity index is 1.97. The van der Waals surface area contributed by atoms with Crippen LogP contribution in [0, 0.1) is 0 Å². The highest BCUT2D eigenvalue weighted by atomic mass is 16.3. The summed E-state index contributed by atoms with van der Waals surface area (Å²) in [5, 5.41) is 0. The van der Waals surface area contributed by atoms with Gasteiger partial charge < -0.3 is 10.2 Å². The minimum absolute atomic E-state index is 0.645. The Bertz CT molecular complexity index is 413. The zero-order valence-electron chi connectivity index (χ0n) is 9.75. The number of pyridine rings is 1. The number of hydrogen-bond acceptors (Lipinski definition) is 4. The lowest BCUT2D eigenvalue weighted by molar-refractivity contribution is 0.242. The van der Waals surface area contributed by atoms with Crippen LogP contribution in [0.2, 0.25) is 0 Å². The molecule has 2 N–H and O–H groups in total. The molecular weight excluding hydrogens is 214 g/mol. The van der Waals surface area contributed by atoms with Crippen LogP contribution >= 0.6 is 0 Å². The molecule has 17 heavy (non-hydrogen) atoms. The molecule has 0 spiro atoms. The molecule has 0 atom stereocenters. The van der Waals surface area contributed by atoms with E-state index >= 15 is 0 Å². The van der Waals surface area contributed by atoms with Crippen molar-refractivity contribution in [2.75, 3.05) is 13.1 Å². The summed E-state index contributed by atoms with van der Waals surface area (Å²) in [7, 11) is 0. The monoisotopic (exact) mass is 231 g/mol. The summed E-state index contributed by atoms with van der Waals surface area (Å²) in [6.07, 6.45) is 5.31. The van der Waals surface area contributed by atoms with Crippen LogP contribution in [-0.2, 0) is 13.1 Å². The lowest BCUT2D eigenvalue weighted by Gasteiger charge is -2.20. The molecule has 0 aliphatic rings. The van der Waals surface area contributed by atoms with Crippen molar-refractivity contribution in [3.05, 3.63) is 54.2 Å². The van der Waals surface area contributed by atoms with E-state index in [1.165, 1.54) is 5.56 Å². The largest absolute Gasteiger partial charge is 0.468 e. The summed E-state index contributed by atoms with van der Waals surface area (Å²) in [6, 6.07) is 7.93. The Morgan fingerprint density at radius 1 is 1.18 bits per heavy atom. The van der Waals surface area contributed by atoms with Crippen molar-refractivity contribution in [2.45, 2.75) is 13.1 Å². The van der Waals surface area contributed by atoms with Crippen LogP contribution in [0.3, 0.4) is 0 Å². The van der Waals surface area contributed by atoms with Crippen LogP contribution in [0.25, 0.3) is 0 Å². The molecule has 2 heterocycles. The number of furan rings is 1. The minimum Gasteiger partial charge on any atom is -0.468 e. The van der Waals surface area contributed by atoms with Crippen molar-refractivity contribution >= 4 is 0 Å². The van der Waals surface area contributed by atoms with Gasteiger partial charge in [-0.2, -0.15) is 0 Å². The fraction of sp³-hybridized carbons (Fsp3) is 0.308. The van der Waals surface area contributed by atoms with Crippen molar-refractivity contribution in [2.24, 2.45) is 5.73 Å². The van der Waals surface area contributed by atoms with Gasteiger partial charge in [-0.15, -0.1) is 0 Å². The Kier molecular flexibility index (Phi) is 4.30. The third-order valence-corrected chi connectivity index (χ3v) is 2.56. The molecule has 4 nitrogen and oxygen atoms in total. The van der Waals surface area contributed by atoms with Gasteiger partial charge in [0.2, 0.25) is 0 Å². The van der Waals surface area contributed by atoms with E-state index in [9.17, 15) is 0 Å². The average Bonchev–Trinajstić information content (AvgIpc) is 2.83. The van der Waals surface area contributed by atoms with Crippen LogP contribution < -0.4 is 5.73 Å². The van der Waals surface area contributed by atoms with Crippen LogP contribution in [0.15, 0.2) is 47.3 Å². The maximum atomic E-state index is 5.63.